The lowest BCUT2D eigenvalue weighted by atomic mass is 9.92. The van der Waals surface area contributed by atoms with E-state index in [4.69, 9.17) is 0 Å². The molecule has 146 valence electrons. The van der Waals surface area contributed by atoms with Gasteiger partial charge >= 0.3 is 5.82 Å². The Hall–Kier alpha value is -3.07. The van der Waals surface area contributed by atoms with Gasteiger partial charge in [-0.05, 0) is 41.2 Å². The predicted octanol–water partition coefficient (Wildman–Crippen LogP) is 5.83. The molecule has 0 radical (unpaired) electrons. The van der Waals surface area contributed by atoms with Crippen LogP contribution < -0.4 is 4.57 Å². The third-order valence-electron chi connectivity index (χ3n) is 6.04. The van der Waals surface area contributed by atoms with Crippen molar-refractivity contribution in [3.63, 3.8) is 0 Å². The Kier molecular flexibility index (Phi) is 4.20. The topological polar surface area (TPSA) is 13.7 Å². The number of imidazole rings is 1. The molecule has 0 N–H and O–H groups in total. The third kappa shape index (κ3) is 2.76. The van der Waals surface area contributed by atoms with Crippen molar-refractivity contribution >= 4 is 0 Å². The van der Waals surface area contributed by atoms with E-state index in [1.54, 1.807) is 0 Å². The van der Waals surface area contributed by atoms with Gasteiger partial charge in [-0.1, -0.05) is 64.1 Å². The molecule has 0 aliphatic carbocycles. The van der Waals surface area contributed by atoms with Crippen molar-refractivity contribution in [2.75, 3.05) is 0 Å². The summed E-state index contributed by atoms with van der Waals surface area (Å²) < 4.78 is 7.12. The van der Waals surface area contributed by atoms with Crippen LogP contribution in [-0.4, -0.2) is 9.13 Å². The fourth-order valence-electron chi connectivity index (χ4n) is 4.61. The molecule has 3 heteroatoms. The Labute approximate surface area is 172 Å². The van der Waals surface area contributed by atoms with Crippen molar-refractivity contribution in [3.8, 4) is 22.9 Å². The first-order chi connectivity index (χ1) is 14.1. The van der Waals surface area contributed by atoms with Crippen LogP contribution in [0.1, 0.15) is 56.2 Å². The molecular weight excluding hydrogens is 354 g/mol. The number of para-hydroxylation sites is 2. The molecular formula is C26H28N3+. The van der Waals surface area contributed by atoms with Crippen molar-refractivity contribution in [3.05, 3.63) is 89.9 Å². The SMILES string of the molecule is CC(C)c1cccc(C(C)C)c1-n1ccc2c1-c1n(-c3ccccc3)cc[n+]1C2. The van der Waals surface area contributed by atoms with Gasteiger partial charge in [0.25, 0.3) is 0 Å². The largest absolute Gasteiger partial charge is 0.312 e. The van der Waals surface area contributed by atoms with E-state index in [1.165, 1.54) is 39.6 Å². The van der Waals surface area contributed by atoms with Gasteiger partial charge in [-0.15, -0.1) is 0 Å². The molecule has 29 heavy (non-hydrogen) atoms. The first kappa shape index (κ1) is 18.0. The van der Waals surface area contributed by atoms with Gasteiger partial charge in [-0.25, -0.2) is 4.57 Å². The van der Waals surface area contributed by atoms with Gasteiger partial charge < -0.3 is 4.57 Å². The number of rotatable bonds is 4. The minimum absolute atomic E-state index is 0.469. The summed E-state index contributed by atoms with van der Waals surface area (Å²) in [6, 6.07) is 19.7. The maximum Gasteiger partial charge on any atom is 0.312 e. The standard InChI is InChI=1S/C26H28N3/c1-18(2)22-11-8-12-23(19(3)4)25(22)29-14-13-20-17-27-15-16-28(26(27)24(20)29)21-9-6-5-7-10-21/h5-16,18-19H,17H2,1-4H3/q+1. The number of benzene rings is 2. The van der Waals surface area contributed by atoms with Gasteiger partial charge in [0.2, 0.25) is 0 Å². The van der Waals surface area contributed by atoms with Crippen molar-refractivity contribution in [2.24, 2.45) is 0 Å². The Balaban J connectivity index is 1.78. The average molecular weight is 383 g/mol. The quantitative estimate of drug-likeness (QED) is 0.347. The second kappa shape index (κ2) is 6.77. The van der Waals surface area contributed by atoms with Gasteiger partial charge in [-0.2, -0.15) is 4.57 Å². The molecule has 0 atom stereocenters. The summed E-state index contributed by atoms with van der Waals surface area (Å²) in [6.07, 6.45) is 6.65. The number of fused-ring (bicyclic) bond motifs is 3. The first-order valence-electron chi connectivity index (χ1n) is 10.6. The third-order valence-corrected chi connectivity index (χ3v) is 6.04. The maximum absolute atomic E-state index is 2.44. The van der Waals surface area contributed by atoms with Crippen molar-refractivity contribution in [2.45, 2.75) is 46.1 Å². The lowest BCUT2D eigenvalue weighted by molar-refractivity contribution is -0.671. The molecule has 0 bridgehead atoms. The average Bonchev–Trinajstić information content (AvgIpc) is 3.39. The molecule has 0 saturated heterocycles. The molecule has 2 aromatic heterocycles. The molecule has 0 fully saturated rings. The minimum Gasteiger partial charge on any atom is -0.309 e. The van der Waals surface area contributed by atoms with E-state index in [2.05, 4.69) is 115 Å². The minimum atomic E-state index is 0.469. The lowest BCUT2D eigenvalue weighted by Gasteiger charge is -2.21. The van der Waals surface area contributed by atoms with Crippen LogP contribution in [-0.2, 0) is 6.54 Å². The zero-order valence-electron chi connectivity index (χ0n) is 17.6. The number of hydrogen-bond acceptors (Lipinski definition) is 0. The van der Waals surface area contributed by atoms with Crippen molar-refractivity contribution in [1.29, 1.82) is 0 Å². The van der Waals surface area contributed by atoms with Gasteiger partial charge in [0.1, 0.15) is 30.3 Å². The van der Waals surface area contributed by atoms with E-state index in [0.29, 0.717) is 11.8 Å². The zero-order chi connectivity index (χ0) is 20.1. The van der Waals surface area contributed by atoms with E-state index in [1.807, 2.05) is 0 Å². The predicted molar refractivity (Wildman–Crippen MR) is 118 cm³/mol. The maximum atomic E-state index is 2.44. The number of hydrogen-bond donors (Lipinski definition) is 0. The molecule has 0 unspecified atom stereocenters. The lowest BCUT2D eigenvalue weighted by Crippen LogP contribution is -2.30. The van der Waals surface area contributed by atoms with Gasteiger partial charge in [0.05, 0.1) is 5.69 Å². The van der Waals surface area contributed by atoms with Crippen LogP contribution in [0.15, 0.2) is 73.2 Å². The van der Waals surface area contributed by atoms with E-state index in [-0.39, 0.29) is 0 Å². The Bertz CT molecular complexity index is 1150. The van der Waals surface area contributed by atoms with E-state index in [9.17, 15) is 0 Å². The summed E-state index contributed by atoms with van der Waals surface area (Å²) in [5, 5.41) is 0. The molecule has 0 spiro atoms. The highest BCUT2D eigenvalue weighted by Crippen LogP contribution is 2.37. The van der Waals surface area contributed by atoms with Crippen LogP contribution in [0.5, 0.6) is 0 Å². The smallest absolute Gasteiger partial charge is 0.309 e. The summed E-state index contributed by atoms with van der Waals surface area (Å²) in [5.41, 5.74) is 8.07. The van der Waals surface area contributed by atoms with Gasteiger partial charge in [0.15, 0.2) is 0 Å². The number of aromatic nitrogens is 3. The summed E-state index contributed by atoms with van der Waals surface area (Å²) in [6.45, 7) is 10.1. The van der Waals surface area contributed by atoms with Crippen LogP contribution >= 0.6 is 0 Å². The van der Waals surface area contributed by atoms with Gasteiger partial charge in [-0.3, -0.25) is 0 Å². The van der Waals surface area contributed by atoms with Gasteiger partial charge in [0, 0.05) is 11.8 Å². The van der Waals surface area contributed by atoms with E-state index in [0.717, 1.165) is 6.54 Å². The van der Waals surface area contributed by atoms with Crippen LogP contribution in [0.3, 0.4) is 0 Å². The molecule has 3 heterocycles. The van der Waals surface area contributed by atoms with E-state index < -0.39 is 0 Å². The Morgan fingerprint density at radius 1 is 0.759 bits per heavy atom. The second-order valence-electron chi connectivity index (χ2n) is 8.61. The summed E-state index contributed by atoms with van der Waals surface area (Å²) >= 11 is 0. The molecule has 3 nitrogen and oxygen atoms in total. The molecule has 4 aromatic rings. The highest BCUT2D eigenvalue weighted by molar-refractivity contribution is 5.66. The van der Waals surface area contributed by atoms with Crippen molar-refractivity contribution < 1.29 is 4.57 Å². The molecule has 2 aromatic carbocycles. The highest BCUT2D eigenvalue weighted by Gasteiger charge is 2.34. The summed E-state index contributed by atoms with van der Waals surface area (Å²) in [7, 11) is 0. The Morgan fingerprint density at radius 3 is 2.10 bits per heavy atom. The van der Waals surface area contributed by atoms with E-state index >= 15 is 0 Å². The van der Waals surface area contributed by atoms with Crippen molar-refractivity contribution in [1.82, 2.24) is 9.13 Å². The zero-order valence-corrected chi connectivity index (χ0v) is 17.6. The second-order valence-corrected chi connectivity index (χ2v) is 8.61. The fraction of sp³-hybridized carbons (Fsp3) is 0.269. The Morgan fingerprint density at radius 2 is 1.45 bits per heavy atom. The monoisotopic (exact) mass is 382 g/mol. The molecule has 1 aliphatic heterocycles. The highest BCUT2D eigenvalue weighted by atomic mass is 15.2. The number of nitrogens with zero attached hydrogens (tertiary/aromatic N) is 3. The van der Waals surface area contributed by atoms with Crippen LogP contribution in [0, 0.1) is 0 Å². The molecule has 5 rings (SSSR count). The summed E-state index contributed by atoms with van der Waals surface area (Å²) in [5.74, 6) is 2.19. The molecule has 0 saturated carbocycles. The fourth-order valence-corrected chi connectivity index (χ4v) is 4.61. The van der Waals surface area contributed by atoms with Crippen LogP contribution in [0.2, 0.25) is 0 Å². The summed E-state index contributed by atoms with van der Waals surface area (Å²) in [4.78, 5) is 0. The van der Waals surface area contributed by atoms with Crippen LogP contribution in [0.4, 0.5) is 0 Å². The first-order valence-corrected chi connectivity index (χ1v) is 10.6. The van der Waals surface area contributed by atoms with Crippen LogP contribution in [0.25, 0.3) is 22.9 Å². The molecule has 0 amide bonds. The normalized spacial score (nSPS) is 12.6. The molecule has 1 aliphatic rings.